The van der Waals surface area contributed by atoms with Gasteiger partial charge in [-0.25, -0.2) is 9.97 Å². The SMILES string of the molecule is Cc1nc(Cl)cc(N(C)CC(=O)NC(C)(C)C)n1. The second-order valence-electron chi connectivity index (χ2n) is 5.25. The largest absolute Gasteiger partial charge is 0.350 e. The van der Waals surface area contributed by atoms with Crippen LogP contribution in [0, 0.1) is 6.92 Å². The molecule has 0 atom stereocenters. The molecule has 1 aromatic heterocycles. The van der Waals surface area contributed by atoms with E-state index in [0.29, 0.717) is 16.8 Å². The summed E-state index contributed by atoms with van der Waals surface area (Å²) < 4.78 is 0. The third-order valence-electron chi connectivity index (χ3n) is 2.08. The van der Waals surface area contributed by atoms with Crippen molar-refractivity contribution in [1.29, 1.82) is 0 Å². The van der Waals surface area contributed by atoms with E-state index in [2.05, 4.69) is 15.3 Å². The Bertz CT molecular complexity index is 422. The predicted octanol–water partition coefficient (Wildman–Crippen LogP) is 1.79. The number of nitrogens with zero attached hydrogens (tertiary/aromatic N) is 3. The number of amides is 1. The van der Waals surface area contributed by atoms with Gasteiger partial charge in [-0.2, -0.15) is 0 Å². The van der Waals surface area contributed by atoms with Gasteiger partial charge in [-0.3, -0.25) is 4.79 Å². The molecule has 1 N–H and O–H groups in total. The van der Waals surface area contributed by atoms with Crippen molar-refractivity contribution in [2.75, 3.05) is 18.5 Å². The molecule has 100 valence electrons. The number of aryl methyl sites for hydroxylation is 1. The molecule has 1 rings (SSSR count). The van der Waals surface area contributed by atoms with Crippen LogP contribution in [0.5, 0.6) is 0 Å². The standard InChI is InChI=1S/C12H19ClN4O/c1-8-14-9(13)6-10(15-8)17(5)7-11(18)16-12(2,3)4/h6H,7H2,1-5H3,(H,16,18). The summed E-state index contributed by atoms with van der Waals surface area (Å²) in [6.45, 7) is 7.81. The number of hydrogen-bond acceptors (Lipinski definition) is 4. The fourth-order valence-electron chi connectivity index (χ4n) is 1.47. The zero-order valence-electron chi connectivity index (χ0n) is 11.4. The fourth-order valence-corrected chi connectivity index (χ4v) is 1.69. The molecule has 0 aliphatic rings. The zero-order chi connectivity index (χ0) is 13.9. The molecule has 0 bridgehead atoms. The Morgan fingerprint density at radius 1 is 1.44 bits per heavy atom. The normalized spacial score (nSPS) is 11.2. The summed E-state index contributed by atoms with van der Waals surface area (Å²) in [5, 5.41) is 3.27. The molecule has 1 amide bonds. The number of hydrogen-bond donors (Lipinski definition) is 1. The van der Waals surface area contributed by atoms with E-state index in [1.807, 2.05) is 20.8 Å². The summed E-state index contributed by atoms with van der Waals surface area (Å²) in [4.78, 5) is 21.7. The van der Waals surface area contributed by atoms with Crippen molar-refractivity contribution in [1.82, 2.24) is 15.3 Å². The van der Waals surface area contributed by atoms with E-state index in [1.54, 1.807) is 24.9 Å². The Balaban J connectivity index is 2.70. The summed E-state index contributed by atoms with van der Waals surface area (Å²) in [6, 6.07) is 1.64. The summed E-state index contributed by atoms with van der Waals surface area (Å²) in [7, 11) is 1.79. The molecule has 1 heterocycles. The Kier molecular flexibility index (Phi) is 4.51. The van der Waals surface area contributed by atoms with Crippen molar-refractivity contribution in [2.24, 2.45) is 0 Å². The molecule has 5 nitrogen and oxygen atoms in total. The van der Waals surface area contributed by atoms with Crippen LogP contribution in [0.4, 0.5) is 5.82 Å². The van der Waals surface area contributed by atoms with E-state index in [9.17, 15) is 4.79 Å². The molecular weight excluding hydrogens is 252 g/mol. The molecule has 0 saturated heterocycles. The van der Waals surface area contributed by atoms with Crippen molar-refractivity contribution in [3.05, 3.63) is 17.0 Å². The van der Waals surface area contributed by atoms with Gasteiger partial charge >= 0.3 is 0 Å². The predicted molar refractivity (Wildman–Crippen MR) is 72.9 cm³/mol. The lowest BCUT2D eigenvalue weighted by Gasteiger charge is -2.24. The Morgan fingerprint density at radius 2 is 2.06 bits per heavy atom. The number of anilines is 1. The van der Waals surface area contributed by atoms with Crippen LogP contribution in [0.3, 0.4) is 0 Å². The minimum absolute atomic E-state index is 0.0580. The maximum atomic E-state index is 11.8. The van der Waals surface area contributed by atoms with Gasteiger partial charge in [0.05, 0.1) is 6.54 Å². The Morgan fingerprint density at radius 3 is 2.56 bits per heavy atom. The summed E-state index contributed by atoms with van der Waals surface area (Å²) in [5.41, 5.74) is -0.239. The number of halogens is 1. The van der Waals surface area contributed by atoms with Gasteiger partial charge in [0.25, 0.3) is 0 Å². The lowest BCUT2D eigenvalue weighted by atomic mass is 10.1. The van der Waals surface area contributed by atoms with Crippen LogP contribution in [0.25, 0.3) is 0 Å². The van der Waals surface area contributed by atoms with Crippen molar-refractivity contribution < 1.29 is 4.79 Å². The second kappa shape index (κ2) is 5.52. The number of aromatic nitrogens is 2. The van der Waals surface area contributed by atoms with Gasteiger partial charge in [0.15, 0.2) is 0 Å². The molecule has 18 heavy (non-hydrogen) atoms. The lowest BCUT2D eigenvalue weighted by Crippen LogP contribution is -2.45. The molecule has 0 spiro atoms. The van der Waals surface area contributed by atoms with Gasteiger partial charge in [0, 0.05) is 18.7 Å². The van der Waals surface area contributed by atoms with Crippen LogP contribution in [0.2, 0.25) is 5.15 Å². The van der Waals surface area contributed by atoms with Crippen LogP contribution < -0.4 is 10.2 Å². The molecule has 6 heteroatoms. The molecule has 0 radical (unpaired) electrons. The van der Waals surface area contributed by atoms with E-state index in [-0.39, 0.29) is 18.0 Å². The minimum atomic E-state index is -0.239. The molecule has 1 aromatic rings. The highest BCUT2D eigenvalue weighted by Gasteiger charge is 2.16. The van der Waals surface area contributed by atoms with Crippen LogP contribution in [-0.2, 0) is 4.79 Å². The lowest BCUT2D eigenvalue weighted by molar-refractivity contribution is -0.121. The van der Waals surface area contributed by atoms with Crippen molar-refractivity contribution >= 4 is 23.3 Å². The number of likely N-dealkylation sites (N-methyl/N-ethyl adjacent to an activating group) is 1. The fraction of sp³-hybridized carbons (Fsp3) is 0.583. The number of nitrogens with one attached hydrogen (secondary N) is 1. The van der Waals surface area contributed by atoms with Gasteiger partial charge in [-0.15, -0.1) is 0 Å². The van der Waals surface area contributed by atoms with E-state index >= 15 is 0 Å². The topological polar surface area (TPSA) is 58.1 Å². The molecule has 0 aromatic carbocycles. The van der Waals surface area contributed by atoms with Gasteiger partial charge in [0.1, 0.15) is 16.8 Å². The van der Waals surface area contributed by atoms with E-state index in [1.165, 1.54) is 0 Å². The number of rotatable bonds is 3. The molecule has 0 unspecified atom stereocenters. The number of carbonyl (C=O) groups is 1. The average molecular weight is 271 g/mol. The maximum absolute atomic E-state index is 11.8. The molecular formula is C12H19ClN4O. The van der Waals surface area contributed by atoms with Crippen molar-refractivity contribution in [3.63, 3.8) is 0 Å². The quantitative estimate of drug-likeness (QED) is 0.851. The molecule has 0 aliphatic heterocycles. The van der Waals surface area contributed by atoms with Crippen LogP contribution >= 0.6 is 11.6 Å². The van der Waals surface area contributed by atoms with Crippen molar-refractivity contribution in [3.8, 4) is 0 Å². The second-order valence-corrected chi connectivity index (χ2v) is 5.64. The van der Waals surface area contributed by atoms with Crippen molar-refractivity contribution in [2.45, 2.75) is 33.2 Å². The summed E-state index contributed by atoms with van der Waals surface area (Å²) in [5.74, 6) is 1.16. The maximum Gasteiger partial charge on any atom is 0.239 e. The summed E-state index contributed by atoms with van der Waals surface area (Å²) >= 11 is 5.86. The monoisotopic (exact) mass is 270 g/mol. The molecule has 0 saturated carbocycles. The Labute approximate surface area is 113 Å². The van der Waals surface area contributed by atoms with E-state index in [4.69, 9.17) is 11.6 Å². The van der Waals surface area contributed by atoms with E-state index in [0.717, 1.165) is 0 Å². The van der Waals surface area contributed by atoms with Crippen LogP contribution in [0.1, 0.15) is 26.6 Å². The smallest absolute Gasteiger partial charge is 0.239 e. The minimum Gasteiger partial charge on any atom is -0.350 e. The first-order chi connectivity index (χ1) is 8.17. The third kappa shape index (κ3) is 4.87. The number of carbonyl (C=O) groups excluding carboxylic acids is 1. The van der Waals surface area contributed by atoms with Gasteiger partial charge in [-0.05, 0) is 27.7 Å². The highest BCUT2D eigenvalue weighted by molar-refractivity contribution is 6.29. The van der Waals surface area contributed by atoms with Gasteiger partial charge in [-0.1, -0.05) is 11.6 Å². The first kappa shape index (κ1) is 14.7. The molecule has 0 fully saturated rings. The first-order valence-corrected chi connectivity index (χ1v) is 6.08. The molecule has 0 aliphatic carbocycles. The highest BCUT2D eigenvalue weighted by atomic mass is 35.5. The van der Waals surface area contributed by atoms with Crippen LogP contribution in [-0.4, -0.2) is 35.0 Å². The Hall–Kier alpha value is -1.36. The van der Waals surface area contributed by atoms with Crippen LogP contribution in [0.15, 0.2) is 6.07 Å². The first-order valence-electron chi connectivity index (χ1n) is 5.71. The third-order valence-corrected chi connectivity index (χ3v) is 2.27. The van der Waals surface area contributed by atoms with Gasteiger partial charge in [0.2, 0.25) is 5.91 Å². The summed E-state index contributed by atoms with van der Waals surface area (Å²) in [6.07, 6.45) is 0. The van der Waals surface area contributed by atoms with E-state index < -0.39 is 0 Å². The van der Waals surface area contributed by atoms with Gasteiger partial charge < -0.3 is 10.2 Å². The zero-order valence-corrected chi connectivity index (χ0v) is 12.2. The highest BCUT2D eigenvalue weighted by Crippen LogP contribution is 2.14. The average Bonchev–Trinajstić information content (AvgIpc) is 2.12.